The van der Waals surface area contributed by atoms with Gasteiger partial charge in [-0.05, 0) is 31.5 Å². The minimum Gasteiger partial charge on any atom is -0.496 e. The van der Waals surface area contributed by atoms with Crippen molar-refractivity contribution < 1.29 is 14.5 Å². The van der Waals surface area contributed by atoms with Crippen LogP contribution in [0.25, 0.3) is 0 Å². The van der Waals surface area contributed by atoms with Crippen LogP contribution < -0.4 is 15.6 Å². The molecule has 0 aliphatic carbocycles. The van der Waals surface area contributed by atoms with Crippen molar-refractivity contribution in [3.63, 3.8) is 0 Å². The van der Waals surface area contributed by atoms with E-state index in [1.807, 2.05) is 0 Å². The van der Waals surface area contributed by atoms with E-state index in [-0.39, 0.29) is 29.1 Å². The van der Waals surface area contributed by atoms with Gasteiger partial charge in [0.15, 0.2) is 0 Å². The Bertz CT molecular complexity index is 857. The maximum atomic E-state index is 12.3. The predicted octanol–water partition coefficient (Wildman–Crippen LogP) is 1.84. The third kappa shape index (κ3) is 3.60. The monoisotopic (exact) mass is 331 g/mol. The van der Waals surface area contributed by atoms with Gasteiger partial charge in [-0.15, -0.1) is 0 Å². The van der Waals surface area contributed by atoms with Gasteiger partial charge in [-0.1, -0.05) is 0 Å². The number of carbonyl (C=O) groups is 1. The summed E-state index contributed by atoms with van der Waals surface area (Å²) in [6, 6.07) is 5.55. The second-order valence-electron chi connectivity index (χ2n) is 5.27. The Morgan fingerprint density at radius 1 is 1.33 bits per heavy atom. The van der Waals surface area contributed by atoms with E-state index in [1.54, 1.807) is 19.9 Å². The quantitative estimate of drug-likeness (QED) is 0.641. The Balaban J connectivity index is 2.26. The molecular weight excluding hydrogens is 314 g/mol. The van der Waals surface area contributed by atoms with Crippen molar-refractivity contribution in [2.24, 2.45) is 0 Å². The number of non-ortho nitro benzene ring substituents is 1. The number of hydrogen-bond donors (Lipinski definition) is 2. The van der Waals surface area contributed by atoms with Crippen molar-refractivity contribution in [1.82, 2.24) is 10.3 Å². The van der Waals surface area contributed by atoms with Crippen LogP contribution in [0.4, 0.5) is 5.69 Å². The third-order valence-corrected chi connectivity index (χ3v) is 3.56. The number of amides is 1. The summed E-state index contributed by atoms with van der Waals surface area (Å²) in [6.45, 7) is 3.55. The molecule has 8 nitrogen and oxygen atoms in total. The van der Waals surface area contributed by atoms with Gasteiger partial charge >= 0.3 is 0 Å². The van der Waals surface area contributed by atoms with Crippen LogP contribution >= 0.6 is 0 Å². The van der Waals surface area contributed by atoms with Crippen LogP contribution in [0.3, 0.4) is 0 Å². The Labute approximate surface area is 137 Å². The number of pyridine rings is 1. The number of H-pyrrole nitrogens is 1. The van der Waals surface area contributed by atoms with Gasteiger partial charge < -0.3 is 15.0 Å². The third-order valence-electron chi connectivity index (χ3n) is 3.56. The molecule has 8 heteroatoms. The smallest absolute Gasteiger partial charge is 0.270 e. The second kappa shape index (κ2) is 6.95. The molecule has 0 saturated carbocycles. The minimum absolute atomic E-state index is 0.00608. The zero-order chi connectivity index (χ0) is 17.9. The molecule has 1 heterocycles. The average Bonchev–Trinajstić information content (AvgIpc) is 2.52. The molecule has 0 atom stereocenters. The molecule has 2 N–H and O–H groups in total. The number of methoxy groups -OCH3 is 1. The predicted molar refractivity (Wildman–Crippen MR) is 87.4 cm³/mol. The molecule has 0 fully saturated rings. The maximum absolute atomic E-state index is 12.3. The molecule has 24 heavy (non-hydrogen) atoms. The van der Waals surface area contributed by atoms with Gasteiger partial charge in [0.05, 0.1) is 17.6 Å². The maximum Gasteiger partial charge on any atom is 0.270 e. The van der Waals surface area contributed by atoms with Gasteiger partial charge in [-0.25, -0.2) is 0 Å². The Morgan fingerprint density at radius 3 is 2.62 bits per heavy atom. The van der Waals surface area contributed by atoms with Crippen LogP contribution in [0.5, 0.6) is 5.75 Å². The van der Waals surface area contributed by atoms with Crippen LogP contribution in [0, 0.1) is 24.0 Å². The summed E-state index contributed by atoms with van der Waals surface area (Å²) in [5.74, 6) is -0.345. The Morgan fingerprint density at radius 2 is 2.04 bits per heavy atom. The summed E-state index contributed by atoms with van der Waals surface area (Å²) in [5.41, 5.74) is 1.45. The number of carbonyl (C=O) groups excluding carboxylic acids is 1. The van der Waals surface area contributed by atoms with Crippen LogP contribution in [0.15, 0.2) is 29.1 Å². The molecule has 1 amide bonds. The molecule has 0 saturated heterocycles. The number of aromatic amines is 1. The second-order valence-corrected chi connectivity index (χ2v) is 5.27. The summed E-state index contributed by atoms with van der Waals surface area (Å²) in [4.78, 5) is 37.2. The van der Waals surface area contributed by atoms with E-state index in [0.717, 1.165) is 17.3 Å². The molecular formula is C16H17N3O5. The van der Waals surface area contributed by atoms with Crippen molar-refractivity contribution in [3.05, 3.63) is 67.1 Å². The fraction of sp³-hybridized carbons (Fsp3) is 0.250. The first-order chi connectivity index (χ1) is 11.3. The van der Waals surface area contributed by atoms with Gasteiger partial charge in [-0.2, -0.15) is 0 Å². The summed E-state index contributed by atoms with van der Waals surface area (Å²) < 4.78 is 5.07. The molecule has 0 spiro atoms. The lowest BCUT2D eigenvalue weighted by atomic mass is 10.1. The van der Waals surface area contributed by atoms with E-state index in [4.69, 9.17) is 4.74 Å². The van der Waals surface area contributed by atoms with Crippen molar-refractivity contribution in [3.8, 4) is 5.75 Å². The molecule has 0 radical (unpaired) electrons. The number of hydrogen-bond acceptors (Lipinski definition) is 5. The van der Waals surface area contributed by atoms with E-state index < -0.39 is 10.8 Å². The molecule has 2 rings (SSSR count). The largest absolute Gasteiger partial charge is 0.496 e. The highest BCUT2D eigenvalue weighted by atomic mass is 16.6. The highest BCUT2D eigenvalue weighted by Crippen LogP contribution is 2.23. The van der Waals surface area contributed by atoms with Gasteiger partial charge in [0.1, 0.15) is 5.75 Å². The summed E-state index contributed by atoms with van der Waals surface area (Å²) in [7, 11) is 1.37. The molecule has 0 aliphatic heterocycles. The fourth-order valence-corrected chi connectivity index (χ4v) is 2.35. The minimum atomic E-state index is -0.592. The Hall–Kier alpha value is -3.16. The lowest BCUT2D eigenvalue weighted by Gasteiger charge is -2.10. The summed E-state index contributed by atoms with van der Waals surface area (Å²) in [5, 5.41) is 13.5. The number of nitro groups is 1. The number of ether oxygens (including phenoxy) is 1. The number of benzene rings is 1. The van der Waals surface area contributed by atoms with Gasteiger partial charge in [-0.3, -0.25) is 19.7 Å². The zero-order valence-corrected chi connectivity index (χ0v) is 13.5. The van der Waals surface area contributed by atoms with Gasteiger partial charge in [0, 0.05) is 29.9 Å². The van der Waals surface area contributed by atoms with E-state index in [0.29, 0.717) is 5.56 Å². The van der Waals surface area contributed by atoms with Crippen LogP contribution in [0.1, 0.15) is 27.2 Å². The molecule has 0 aliphatic rings. The average molecular weight is 331 g/mol. The molecule has 2 aromatic rings. The molecule has 1 aromatic carbocycles. The first-order valence-electron chi connectivity index (χ1n) is 7.13. The van der Waals surface area contributed by atoms with Crippen molar-refractivity contribution in [1.29, 1.82) is 0 Å². The first kappa shape index (κ1) is 17.2. The number of aryl methyl sites for hydroxylation is 2. The number of nitrogens with zero attached hydrogens (tertiary/aromatic N) is 1. The fourth-order valence-electron chi connectivity index (χ4n) is 2.35. The Kier molecular flexibility index (Phi) is 4.98. The lowest BCUT2D eigenvalue weighted by molar-refractivity contribution is -0.384. The summed E-state index contributed by atoms with van der Waals surface area (Å²) >= 11 is 0. The van der Waals surface area contributed by atoms with Crippen LogP contribution in [-0.4, -0.2) is 22.9 Å². The molecule has 0 bridgehead atoms. The molecule has 1 aromatic heterocycles. The van der Waals surface area contributed by atoms with E-state index >= 15 is 0 Å². The van der Waals surface area contributed by atoms with Gasteiger partial charge in [0.25, 0.3) is 17.2 Å². The van der Waals surface area contributed by atoms with Crippen LogP contribution in [0.2, 0.25) is 0 Å². The van der Waals surface area contributed by atoms with Gasteiger partial charge in [0.2, 0.25) is 0 Å². The van der Waals surface area contributed by atoms with Crippen molar-refractivity contribution >= 4 is 11.6 Å². The number of rotatable bonds is 5. The first-order valence-corrected chi connectivity index (χ1v) is 7.13. The standard InChI is InChI=1S/C16H17N3O5/c1-9-6-10(2)18-16(21)13(9)8-17-15(20)12-7-11(19(22)23)4-5-14(12)24-3/h4-7H,8H2,1-3H3,(H,17,20)(H,18,21). The number of nitrogens with one attached hydrogen (secondary N) is 2. The van der Waals surface area contributed by atoms with E-state index in [9.17, 15) is 19.7 Å². The highest BCUT2D eigenvalue weighted by Gasteiger charge is 2.18. The van der Waals surface area contributed by atoms with Crippen LogP contribution in [-0.2, 0) is 6.54 Å². The molecule has 0 unspecified atom stereocenters. The normalized spacial score (nSPS) is 10.3. The van der Waals surface area contributed by atoms with E-state index in [2.05, 4.69) is 10.3 Å². The lowest BCUT2D eigenvalue weighted by Crippen LogP contribution is -2.28. The van der Waals surface area contributed by atoms with Crippen molar-refractivity contribution in [2.75, 3.05) is 7.11 Å². The van der Waals surface area contributed by atoms with E-state index in [1.165, 1.54) is 19.2 Å². The number of aromatic nitrogens is 1. The topological polar surface area (TPSA) is 114 Å². The zero-order valence-electron chi connectivity index (χ0n) is 13.5. The summed E-state index contributed by atoms with van der Waals surface area (Å²) in [6.07, 6.45) is 0. The molecule has 126 valence electrons. The number of nitro benzene ring substituents is 1. The van der Waals surface area contributed by atoms with Crippen molar-refractivity contribution in [2.45, 2.75) is 20.4 Å². The highest BCUT2D eigenvalue weighted by molar-refractivity contribution is 5.97. The SMILES string of the molecule is COc1ccc([N+](=O)[O-])cc1C(=O)NCc1c(C)cc(C)[nH]c1=O.